The summed E-state index contributed by atoms with van der Waals surface area (Å²) in [6.45, 7) is 4.33. The fourth-order valence-electron chi connectivity index (χ4n) is 1.07. The van der Waals surface area contributed by atoms with Crippen LogP contribution >= 0.6 is 0 Å². The van der Waals surface area contributed by atoms with E-state index in [0.29, 0.717) is 13.1 Å². The summed E-state index contributed by atoms with van der Waals surface area (Å²) in [5, 5.41) is 20.7. The van der Waals surface area contributed by atoms with Crippen molar-refractivity contribution in [2.24, 2.45) is 0 Å². The zero-order valence-electron chi connectivity index (χ0n) is 10.0. The molecule has 0 fully saturated rings. The smallest absolute Gasteiger partial charge is 0.652 e. The number of hydrogen-bond acceptors (Lipinski definition) is 3. The topological polar surface area (TPSA) is 91.9 Å². The molecule has 0 saturated carbocycles. The van der Waals surface area contributed by atoms with Gasteiger partial charge >= 0.3 is 57.4 Å². The van der Waals surface area contributed by atoms with E-state index >= 15 is 0 Å². The van der Waals surface area contributed by atoms with E-state index in [1.807, 2.05) is 13.8 Å². The van der Waals surface area contributed by atoms with E-state index in [2.05, 4.69) is 5.32 Å². The van der Waals surface area contributed by atoms with Gasteiger partial charge in [-0.05, 0) is 26.9 Å². The van der Waals surface area contributed by atoms with Crippen LogP contribution in [-0.4, -0.2) is 59.3 Å². The Morgan fingerprint density at radius 2 is 1.81 bits per heavy atom. The first-order chi connectivity index (χ1) is 6.93. The van der Waals surface area contributed by atoms with Gasteiger partial charge in [-0.3, -0.25) is 14.5 Å². The Kier molecular flexibility index (Phi) is 12.5. The summed E-state index contributed by atoms with van der Waals surface area (Å²) in [6, 6.07) is 0.112. The molecule has 88 valence electrons. The first-order valence-corrected chi connectivity index (χ1v) is 4.74. The van der Waals surface area contributed by atoms with Crippen LogP contribution in [0.3, 0.4) is 0 Å². The summed E-state index contributed by atoms with van der Waals surface area (Å²) in [7, 11) is 0. The molecule has 0 atom stereocenters. The predicted octanol–water partition coefficient (Wildman–Crippen LogP) is -2.76. The third-order valence-corrected chi connectivity index (χ3v) is 1.86. The van der Waals surface area contributed by atoms with Crippen molar-refractivity contribution in [3.8, 4) is 0 Å². The Morgan fingerprint density at radius 1 is 1.25 bits per heavy atom. The molecule has 0 unspecified atom stereocenters. The minimum Gasteiger partial charge on any atom is -0.652 e. The zero-order chi connectivity index (χ0) is 11.8. The molecule has 16 heavy (non-hydrogen) atoms. The molecule has 0 aromatic rings. The van der Waals surface area contributed by atoms with E-state index < -0.39 is 11.9 Å². The Balaban J connectivity index is 0. The van der Waals surface area contributed by atoms with Crippen LogP contribution in [0.1, 0.15) is 13.8 Å². The van der Waals surface area contributed by atoms with E-state index in [0.717, 1.165) is 0 Å². The quantitative estimate of drug-likeness (QED) is 0.363. The summed E-state index contributed by atoms with van der Waals surface area (Å²) < 4.78 is 0. The number of carboxylic acid groups (broad SMARTS) is 2. The summed E-state index contributed by atoms with van der Waals surface area (Å²) in [5.41, 5.74) is 0. The number of hydrogen-bond donors (Lipinski definition) is 2. The second kappa shape index (κ2) is 10.6. The molecule has 0 aromatic carbocycles. The van der Waals surface area contributed by atoms with Gasteiger partial charge in [0, 0.05) is 6.04 Å². The Labute approximate surface area is 138 Å². The van der Waals surface area contributed by atoms with Gasteiger partial charge in [-0.1, -0.05) is 0 Å². The van der Waals surface area contributed by atoms with E-state index in [-0.39, 0.29) is 70.5 Å². The summed E-state index contributed by atoms with van der Waals surface area (Å²) in [6.07, 6.45) is 0. The first-order valence-electron chi connectivity index (χ1n) is 4.74. The van der Waals surface area contributed by atoms with Gasteiger partial charge in [0.25, 0.3) is 5.97 Å². The molecule has 0 aliphatic rings. The Bertz CT molecular complexity index is 224. The minimum absolute atomic E-state index is 0. The molecule has 0 amide bonds. The molecule has 0 saturated heterocycles. The second-order valence-corrected chi connectivity index (χ2v) is 3.46. The molecule has 0 radical (unpaired) electrons. The molecule has 0 spiro atoms. The molecular weight excluding hydrogens is 239 g/mol. The number of nitrogens with zero attached hydrogens (tertiary/aromatic N) is 2. The molecule has 2 N–H and O–H groups in total. The van der Waals surface area contributed by atoms with Crippen LogP contribution in [0.4, 0.5) is 0 Å². The molecular formula is C9H17KN2O4. The van der Waals surface area contributed by atoms with Gasteiger partial charge in [-0.2, -0.15) is 0 Å². The molecule has 6 nitrogen and oxygen atoms in total. The van der Waals surface area contributed by atoms with Crippen molar-refractivity contribution in [1.82, 2.24) is 4.90 Å². The van der Waals surface area contributed by atoms with Gasteiger partial charge in [-0.15, -0.1) is 6.54 Å². The predicted molar refractivity (Wildman–Crippen MR) is 55.1 cm³/mol. The van der Waals surface area contributed by atoms with E-state index in [9.17, 15) is 9.59 Å². The largest absolute Gasteiger partial charge is 1.00 e. The monoisotopic (exact) mass is 256 g/mol. The van der Waals surface area contributed by atoms with Crippen molar-refractivity contribution in [3.63, 3.8) is 0 Å². The molecule has 0 aliphatic heterocycles. The number of aliphatic carboxylic acids is 2. The van der Waals surface area contributed by atoms with Crippen LogP contribution in [0.2, 0.25) is 0 Å². The van der Waals surface area contributed by atoms with Crippen molar-refractivity contribution >= 4 is 11.9 Å². The van der Waals surface area contributed by atoms with E-state index in [1.165, 1.54) is 0 Å². The van der Waals surface area contributed by atoms with Gasteiger partial charge in [0.05, 0.1) is 6.54 Å². The Hall–Kier alpha value is 0.496. The van der Waals surface area contributed by atoms with Crippen LogP contribution in [0.5, 0.6) is 0 Å². The van der Waals surface area contributed by atoms with Gasteiger partial charge in [0.1, 0.15) is 0 Å². The van der Waals surface area contributed by atoms with E-state index in [1.54, 1.807) is 4.90 Å². The maximum atomic E-state index is 10.5. The van der Waals surface area contributed by atoms with Gasteiger partial charge in [0.15, 0.2) is 0 Å². The maximum Gasteiger partial charge on any atom is 1.00 e. The van der Waals surface area contributed by atoms with E-state index in [4.69, 9.17) is 10.2 Å². The average Bonchev–Trinajstić information content (AvgIpc) is 2.08. The zero-order valence-corrected chi connectivity index (χ0v) is 13.1. The number of carbonyl (C=O) groups is 2. The van der Waals surface area contributed by atoms with Crippen molar-refractivity contribution in [2.45, 2.75) is 19.9 Å². The van der Waals surface area contributed by atoms with Crippen molar-refractivity contribution in [3.05, 3.63) is 5.32 Å². The first kappa shape index (κ1) is 18.9. The Morgan fingerprint density at radius 3 is 2.19 bits per heavy atom. The van der Waals surface area contributed by atoms with Crippen LogP contribution in [0.15, 0.2) is 0 Å². The standard InChI is InChI=1S/C9H17N2O4.K/c1-7(2)11(6-9(14)15)4-3-10-5-8(12)13;/h7H,3-6H2,1-2H3,(H,12,13)(H,14,15);/q-1;+1. The van der Waals surface area contributed by atoms with Crippen molar-refractivity contribution in [2.75, 3.05) is 26.2 Å². The van der Waals surface area contributed by atoms with Crippen LogP contribution in [0.25, 0.3) is 5.32 Å². The number of rotatable bonds is 8. The van der Waals surface area contributed by atoms with Gasteiger partial charge < -0.3 is 15.5 Å². The fraction of sp³-hybridized carbons (Fsp3) is 0.778. The molecule has 0 heterocycles. The van der Waals surface area contributed by atoms with Gasteiger partial charge in [-0.25, -0.2) is 0 Å². The molecule has 7 heteroatoms. The van der Waals surface area contributed by atoms with Crippen molar-refractivity contribution < 1.29 is 71.2 Å². The summed E-state index contributed by atoms with van der Waals surface area (Å²) >= 11 is 0. The van der Waals surface area contributed by atoms with Crippen LogP contribution in [0, 0.1) is 0 Å². The molecule has 0 bridgehead atoms. The van der Waals surface area contributed by atoms with Crippen molar-refractivity contribution in [1.29, 1.82) is 0 Å². The van der Waals surface area contributed by atoms with Crippen LogP contribution in [-0.2, 0) is 9.59 Å². The third kappa shape index (κ3) is 11.0. The third-order valence-electron chi connectivity index (χ3n) is 1.86. The molecule has 0 aliphatic carbocycles. The average molecular weight is 256 g/mol. The fourth-order valence-corrected chi connectivity index (χ4v) is 1.07. The number of carboxylic acids is 2. The second-order valence-electron chi connectivity index (χ2n) is 3.46. The maximum absolute atomic E-state index is 10.5. The minimum atomic E-state index is -0.968. The molecule has 0 rings (SSSR count). The molecule has 0 aromatic heterocycles. The summed E-state index contributed by atoms with van der Waals surface area (Å²) in [5.74, 6) is -1.86. The van der Waals surface area contributed by atoms with Crippen LogP contribution < -0.4 is 51.4 Å². The normalized spacial score (nSPS) is 10.2. The SMILES string of the molecule is CC(C)N(CC[N-]CC(=O)O)CC(=O)O.[K+]. The van der Waals surface area contributed by atoms with Gasteiger partial charge in [0.2, 0.25) is 0 Å². The summed E-state index contributed by atoms with van der Waals surface area (Å²) in [4.78, 5) is 22.4.